The van der Waals surface area contributed by atoms with E-state index in [9.17, 15) is 20.0 Å². The Bertz CT molecular complexity index is 1360. The Morgan fingerprint density at radius 2 is 1.91 bits per heavy atom. The number of nitro benzene ring substituents is 1. The molecular formula is C23H18N6O4S. The molecule has 0 spiro atoms. The monoisotopic (exact) mass is 474 g/mol. The van der Waals surface area contributed by atoms with Crippen molar-refractivity contribution in [1.29, 1.82) is 0 Å². The van der Waals surface area contributed by atoms with Gasteiger partial charge in [0.15, 0.2) is 0 Å². The van der Waals surface area contributed by atoms with E-state index in [1.807, 2.05) is 30.3 Å². The number of rotatable bonds is 8. The molecule has 0 aliphatic rings. The second-order valence-corrected chi connectivity index (χ2v) is 7.93. The zero-order valence-corrected chi connectivity index (χ0v) is 18.4. The number of aromatic amines is 1. The van der Waals surface area contributed by atoms with Gasteiger partial charge in [0.05, 0.1) is 27.6 Å². The van der Waals surface area contributed by atoms with Gasteiger partial charge in [-0.3, -0.25) is 14.9 Å². The number of hydrazone groups is 1. The van der Waals surface area contributed by atoms with Crippen molar-refractivity contribution in [1.82, 2.24) is 15.6 Å². The first-order valence-corrected chi connectivity index (χ1v) is 11.0. The third kappa shape index (κ3) is 5.45. The highest BCUT2D eigenvalue weighted by atomic mass is 32.2. The van der Waals surface area contributed by atoms with Crippen molar-refractivity contribution in [2.45, 2.75) is 5.16 Å². The fourth-order valence-electron chi connectivity index (χ4n) is 3.11. The summed E-state index contributed by atoms with van der Waals surface area (Å²) in [5.74, 6) is 0.0482. The van der Waals surface area contributed by atoms with E-state index in [-0.39, 0.29) is 23.1 Å². The molecular weight excluding hydrogens is 456 g/mol. The average molecular weight is 475 g/mol. The van der Waals surface area contributed by atoms with Crippen LogP contribution in [0.2, 0.25) is 0 Å². The van der Waals surface area contributed by atoms with E-state index in [0.717, 1.165) is 5.69 Å². The highest BCUT2D eigenvalue weighted by Crippen LogP contribution is 2.23. The Morgan fingerprint density at radius 1 is 1.12 bits per heavy atom. The summed E-state index contributed by atoms with van der Waals surface area (Å²) in [4.78, 5) is 23.0. The summed E-state index contributed by atoms with van der Waals surface area (Å²) in [6.07, 6.45) is 1.39. The number of non-ortho nitro benzene ring substituents is 1. The number of nitrogens with one attached hydrogen (secondary N) is 2. The maximum atomic E-state index is 12.3. The highest BCUT2D eigenvalue weighted by Gasteiger charge is 2.25. The van der Waals surface area contributed by atoms with Gasteiger partial charge in [-0.2, -0.15) is 9.67 Å². The Hall–Kier alpha value is -4.51. The minimum Gasteiger partial charge on any atom is -0.872 e. The van der Waals surface area contributed by atoms with Crippen molar-refractivity contribution in [3.05, 3.63) is 94.5 Å². The van der Waals surface area contributed by atoms with Crippen LogP contribution in [0.15, 0.2) is 89.1 Å². The number of carbonyl (C=O) groups excluding carboxylic acids is 1. The SMILES string of the molecule is O=C(CSc1n[nH]c(-c2cccc([N+](=O)[O-])c2)[n+]1-c1ccccc1)N/N=C/c1cccc([O-])c1. The number of amides is 1. The molecule has 0 unspecified atom stereocenters. The molecule has 0 saturated heterocycles. The fourth-order valence-corrected chi connectivity index (χ4v) is 3.87. The molecule has 1 heterocycles. The molecule has 0 aliphatic carbocycles. The second-order valence-electron chi connectivity index (χ2n) is 6.99. The highest BCUT2D eigenvalue weighted by molar-refractivity contribution is 7.99. The Kier molecular flexibility index (Phi) is 6.94. The maximum Gasteiger partial charge on any atom is 0.342 e. The van der Waals surface area contributed by atoms with Gasteiger partial charge in [0.2, 0.25) is 0 Å². The van der Waals surface area contributed by atoms with E-state index in [4.69, 9.17) is 0 Å². The van der Waals surface area contributed by atoms with Crippen molar-refractivity contribution in [3.8, 4) is 22.8 Å². The lowest BCUT2D eigenvalue weighted by Gasteiger charge is -2.05. The zero-order chi connectivity index (χ0) is 23.9. The normalized spacial score (nSPS) is 10.9. The lowest BCUT2D eigenvalue weighted by atomic mass is 10.2. The number of benzene rings is 3. The number of H-pyrrole nitrogens is 1. The third-order valence-electron chi connectivity index (χ3n) is 4.61. The van der Waals surface area contributed by atoms with Crippen LogP contribution in [0.4, 0.5) is 5.69 Å². The largest absolute Gasteiger partial charge is 0.872 e. The van der Waals surface area contributed by atoms with Crippen LogP contribution in [-0.4, -0.2) is 33.0 Å². The summed E-state index contributed by atoms with van der Waals surface area (Å²) in [5, 5.41) is 34.2. The van der Waals surface area contributed by atoms with Crippen LogP contribution in [0.1, 0.15) is 5.56 Å². The van der Waals surface area contributed by atoms with E-state index in [1.165, 1.54) is 42.2 Å². The van der Waals surface area contributed by atoms with Crippen LogP contribution in [0.5, 0.6) is 5.75 Å². The Morgan fingerprint density at radius 3 is 2.68 bits per heavy atom. The first kappa shape index (κ1) is 22.7. The Balaban J connectivity index is 1.53. The standard InChI is InChI=1S/C23H18N6O4S/c30-20-11-4-6-16(12-20)14-24-25-21(31)15-34-23-27-26-22(28(23)18-8-2-1-3-9-18)17-7-5-10-19(13-17)29(32)33/h1-14H,15H2,(H2,25,30,31)/b24-14+. The molecule has 170 valence electrons. The molecule has 0 atom stereocenters. The summed E-state index contributed by atoms with van der Waals surface area (Å²) >= 11 is 1.18. The summed E-state index contributed by atoms with van der Waals surface area (Å²) < 4.78 is 1.79. The van der Waals surface area contributed by atoms with Crippen molar-refractivity contribution >= 4 is 29.6 Å². The van der Waals surface area contributed by atoms with Gasteiger partial charge in [0, 0.05) is 12.1 Å². The van der Waals surface area contributed by atoms with Crippen LogP contribution in [-0.2, 0) is 4.79 Å². The topological polar surface area (TPSA) is 140 Å². The zero-order valence-electron chi connectivity index (χ0n) is 17.6. The van der Waals surface area contributed by atoms with Gasteiger partial charge < -0.3 is 5.11 Å². The van der Waals surface area contributed by atoms with E-state index in [1.54, 1.807) is 28.8 Å². The maximum absolute atomic E-state index is 12.3. The van der Waals surface area contributed by atoms with Crippen LogP contribution < -0.4 is 15.1 Å². The third-order valence-corrected chi connectivity index (χ3v) is 5.55. The van der Waals surface area contributed by atoms with Crippen LogP contribution in [0.3, 0.4) is 0 Å². The summed E-state index contributed by atoms with van der Waals surface area (Å²) in [6, 6.07) is 21.7. The van der Waals surface area contributed by atoms with Crippen molar-refractivity contribution < 1.29 is 19.4 Å². The molecule has 4 aromatic rings. The molecule has 10 nitrogen and oxygen atoms in total. The molecule has 34 heavy (non-hydrogen) atoms. The lowest BCUT2D eigenvalue weighted by molar-refractivity contribution is -0.625. The molecule has 4 rings (SSSR count). The van der Waals surface area contributed by atoms with E-state index in [2.05, 4.69) is 20.7 Å². The predicted molar refractivity (Wildman–Crippen MR) is 125 cm³/mol. The van der Waals surface area contributed by atoms with Gasteiger partial charge in [-0.1, -0.05) is 48.5 Å². The number of thioether (sulfide) groups is 1. The molecule has 0 saturated carbocycles. The van der Waals surface area contributed by atoms with Gasteiger partial charge in [-0.15, -0.1) is 10.8 Å². The summed E-state index contributed by atoms with van der Waals surface area (Å²) in [7, 11) is 0. The fraction of sp³-hybridized carbons (Fsp3) is 0.0435. The van der Waals surface area contributed by atoms with E-state index < -0.39 is 4.92 Å². The number of carbonyl (C=O) groups is 1. The van der Waals surface area contributed by atoms with Gasteiger partial charge in [0.25, 0.3) is 17.4 Å². The average Bonchev–Trinajstić information content (AvgIpc) is 3.27. The molecule has 1 aromatic heterocycles. The number of para-hydroxylation sites is 1. The van der Waals surface area contributed by atoms with Crippen LogP contribution in [0.25, 0.3) is 17.1 Å². The molecule has 0 aliphatic heterocycles. The summed E-state index contributed by atoms with van der Waals surface area (Å²) in [5.41, 5.74) is 4.31. The van der Waals surface area contributed by atoms with Gasteiger partial charge in [-0.25, -0.2) is 5.43 Å². The number of nitro groups is 1. The van der Waals surface area contributed by atoms with Gasteiger partial charge in [0.1, 0.15) is 5.69 Å². The predicted octanol–water partition coefficient (Wildman–Crippen LogP) is 2.58. The minimum atomic E-state index is -0.458. The van der Waals surface area contributed by atoms with E-state index in [0.29, 0.717) is 22.1 Å². The molecule has 0 fully saturated rings. The first-order chi connectivity index (χ1) is 16.5. The van der Waals surface area contributed by atoms with Crippen molar-refractivity contribution in [2.24, 2.45) is 5.10 Å². The number of hydrogen-bond acceptors (Lipinski definition) is 7. The second kappa shape index (κ2) is 10.4. The van der Waals surface area contributed by atoms with Crippen molar-refractivity contribution in [3.63, 3.8) is 0 Å². The Labute approximate surface area is 198 Å². The smallest absolute Gasteiger partial charge is 0.342 e. The molecule has 2 N–H and O–H groups in total. The van der Waals surface area contributed by atoms with Crippen LogP contribution >= 0.6 is 11.8 Å². The molecule has 1 amide bonds. The first-order valence-electron chi connectivity index (χ1n) is 10.0. The number of nitrogens with zero attached hydrogens (tertiary/aromatic N) is 4. The lowest BCUT2D eigenvalue weighted by Crippen LogP contribution is -2.34. The number of aromatic nitrogens is 3. The minimum absolute atomic E-state index is 0.0188. The van der Waals surface area contributed by atoms with E-state index >= 15 is 0 Å². The number of hydrogen-bond donors (Lipinski definition) is 2. The quantitative estimate of drug-likeness (QED) is 0.132. The van der Waals surface area contributed by atoms with Crippen LogP contribution in [0, 0.1) is 10.1 Å². The van der Waals surface area contributed by atoms with Crippen molar-refractivity contribution in [2.75, 3.05) is 5.75 Å². The molecule has 11 heteroatoms. The molecule has 0 radical (unpaired) electrons. The molecule has 0 bridgehead atoms. The van der Waals surface area contributed by atoms with Gasteiger partial charge >= 0.3 is 5.16 Å². The summed E-state index contributed by atoms with van der Waals surface area (Å²) in [6.45, 7) is 0. The molecule has 3 aromatic carbocycles. The van der Waals surface area contributed by atoms with Gasteiger partial charge in [-0.05, 0) is 35.5 Å².